The van der Waals surface area contributed by atoms with Crippen molar-refractivity contribution in [2.45, 2.75) is 12.5 Å². The molecule has 3 N–H and O–H groups in total. The van der Waals surface area contributed by atoms with Gasteiger partial charge in [0.25, 0.3) is 0 Å². The largest absolute Gasteiger partial charge is 0.480 e. The second-order valence-electron chi connectivity index (χ2n) is 1.81. The van der Waals surface area contributed by atoms with Gasteiger partial charge < -0.3 is 10.8 Å². The van der Waals surface area contributed by atoms with Crippen molar-refractivity contribution >= 4 is 33.7 Å². The maximum Gasteiger partial charge on any atom is 0.320 e. The number of nitrogens with two attached hydrogens (primary N) is 1. The van der Waals surface area contributed by atoms with E-state index < -0.39 is 12.0 Å². The third kappa shape index (κ3) is 12.4. The van der Waals surface area contributed by atoms with Crippen molar-refractivity contribution in [1.29, 1.82) is 5.26 Å². The van der Waals surface area contributed by atoms with E-state index in [2.05, 4.69) is 15.9 Å². The highest BCUT2D eigenvalue weighted by Gasteiger charge is 2.08. The third-order valence-electron chi connectivity index (χ3n) is 0.950. The minimum atomic E-state index is -0.913. The summed E-state index contributed by atoms with van der Waals surface area (Å²) in [6, 6.07) is -0.683. The van der Waals surface area contributed by atoms with Crippen molar-refractivity contribution in [3.63, 3.8) is 0 Å². The summed E-state index contributed by atoms with van der Waals surface area (Å²) in [5.41, 5.74) is 5.19. The predicted octanol–water partition coefficient (Wildman–Crippen LogP) is 1.01. The van der Waals surface area contributed by atoms with Crippen LogP contribution in [0.4, 0.5) is 0 Å². The lowest BCUT2D eigenvalue weighted by Crippen LogP contribution is -2.30. The van der Waals surface area contributed by atoms with Crippen molar-refractivity contribution in [2.24, 2.45) is 5.73 Å². The highest BCUT2D eigenvalue weighted by atomic mass is 79.9. The summed E-state index contributed by atoms with van der Waals surface area (Å²) in [6.07, 6.45) is 2.48. The van der Waals surface area contributed by atoms with Crippen LogP contribution in [0.25, 0.3) is 0 Å². The summed E-state index contributed by atoms with van der Waals surface area (Å²) in [4.78, 5) is 11.6. The summed E-state index contributed by atoms with van der Waals surface area (Å²) >= 11 is 4.06. The van der Waals surface area contributed by atoms with Gasteiger partial charge in [-0.05, 0) is 18.4 Å². The maximum atomic E-state index is 10.1. The number of carboxylic acid groups (broad SMARTS) is 1. The second-order valence-corrected chi connectivity index (χ2v) is 3.15. The number of aliphatic carboxylic acids is 1. The maximum absolute atomic E-state index is 10.1. The van der Waals surface area contributed by atoms with E-state index in [9.17, 15) is 4.79 Å². The molecule has 0 aliphatic rings. The van der Waals surface area contributed by atoms with Gasteiger partial charge in [0.15, 0.2) is 0 Å². The molecule has 0 rings (SSSR count). The predicted molar refractivity (Wildman–Crippen MR) is 53.2 cm³/mol. The lowest BCUT2D eigenvalue weighted by molar-refractivity contribution is -0.138. The van der Waals surface area contributed by atoms with Crippen LogP contribution in [0.2, 0.25) is 0 Å². The van der Waals surface area contributed by atoms with Crippen LogP contribution in [0.1, 0.15) is 6.42 Å². The number of thioether (sulfide) groups is 1. The van der Waals surface area contributed by atoms with E-state index in [0.29, 0.717) is 6.42 Å². The first-order valence-corrected chi connectivity index (χ1v) is 5.25. The summed E-state index contributed by atoms with van der Waals surface area (Å²) in [7, 11) is 0. The van der Waals surface area contributed by atoms with Gasteiger partial charge in [-0.25, -0.2) is 0 Å². The van der Waals surface area contributed by atoms with Crippen LogP contribution < -0.4 is 5.73 Å². The van der Waals surface area contributed by atoms with E-state index in [1.165, 1.54) is 0 Å². The Labute approximate surface area is 84.2 Å². The monoisotopic (exact) mass is 254 g/mol. The third-order valence-corrected chi connectivity index (χ3v) is 1.59. The van der Waals surface area contributed by atoms with Gasteiger partial charge in [-0.2, -0.15) is 17.0 Å². The number of carbonyl (C=O) groups is 1. The Morgan fingerprint density at radius 1 is 1.92 bits per heavy atom. The van der Waals surface area contributed by atoms with Crippen LogP contribution in [-0.4, -0.2) is 29.1 Å². The summed E-state index contributed by atoms with van der Waals surface area (Å²) < 4.78 is 0. The number of hydrogen-bond donors (Lipinski definition) is 2. The molecule has 0 aliphatic carbocycles. The fourth-order valence-electron chi connectivity index (χ4n) is 0.368. The zero-order chi connectivity index (χ0) is 9.98. The average molecular weight is 255 g/mol. The van der Waals surface area contributed by atoms with E-state index in [1.807, 2.05) is 6.26 Å². The zero-order valence-electron chi connectivity index (χ0n) is 6.66. The van der Waals surface area contributed by atoms with E-state index in [1.54, 1.807) is 16.7 Å². The molecule has 0 aromatic carbocycles. The Kier molecular flexibility index (Phi) is 12.8. The lowest BCUT2D eigenvalue weighted by atomic mass is 10.2. The molecule has 70 valence electrons. The number of halogens is 1. The van der Waals surface area contributed by atoms with E-state index in [4.69, 9.17) is 16.1 Å². The highest BCUT2D eigenvalue weighted by molar-refractivity contribution is 9.12. The van der Waals surface area contributed by atoms with Crippen molar-refractivity contribution in [3.8, 4) is 4.98 Å². The molecule has 0 amide bonds. The van der Waals surface area contributed by atoms with Crippen LogP contribution in [0.15, 0.2) is 0 Å². The number of nitriles is 1. The molecular formula is C6H11BrN2O2S. The molecule has 0 heterocycles. The van der Waals surface area contributed by atoms with Crippen molar-refractivity contribution < 1.29 is 9.90 Å². The van der Waals surface area contributed by atoms with Gasteiger partial charge in [0.2, 0.25) is 0 Å². The second kappa shape index (κ2) is 10.8. The molecule has 0 radical (unpaired) electrons. The first-order valence-electron chi connectivity index (χ1n) is 3.07. The smallest absolute Gasteiger partial charge is 0.320 e. The summed E-state index contributed by atoms with van der Waals surface area (Å²) in [6.45, 7) is 0. The summed E-state index contributed by atoms with van der Waals surface area (Å²) in [5, 5.41) is 15.5. The Morgan fingerprint density at radius 3 is 2.58 bits per heavy atom. The molecule has 0 aromatic rings. The van der Waals surface area contributed by atoms with Crippen LogP contribution in [0.5, 0.6) is 0 Å². The standard InChI is InChI=1S/C5H11NO2S.CBrN/c1-9-3-2-4(6)5(7)8;2-1-3/h4H,2-3,6H2,1H3,(H,7,8);. The number of carboxylic acids is 1. The Morgan fingerprint density at radius 2 is 2.33 bits per heavy atom. The van der Waals surface area contributed by atoms with Crippen molar-refractivity contribution in [3.05, 3.63) is 0 Å². The minimum Gasteiger partial charge on any atom is -0.480 e. The number of nitrogens with zero attached hydrogens (tertiary/aromatic N) is 1. The van der Waals surface area contributed by atoms with Gasteiger partial charge in [-0.3, -0.25) is 4.79 Å². The summed E-state index contributed by atoms with van der Waals surface area (Å²) in [5.74, 6) is -0.1000. The van der Waals surface area contributed by atoms with Gasteiger partial charge in [0.1, 0.15) is 11.0 Å². The van der Waals surface area contributed by atoms with Gasteiger partial charge in [-0.15, -0.1) is 0 Å². The molecule has 0 spiro atoms. The molecule has 0 saturated carbocycles. The SMILES string of the molecule is CSCCC(N)C(=O)O.N#CBr. The molecule has 0 bridgehead atoms. The van der Waals surface area contributed by atoms with Crippen LogP contribution >= 0.6 is 27.7 Å². The van der Waals surface area contributed by atoms with E-state index in [-0.39, 0.29) is 0 Å². The van der Waals surface area contributed by atoms with Crippen molar-refractivity contribution in [1.82, 2.24) is 0 Å². The lowest BCUT2D eigenvalue weighted by Gasteiger charge is -2.02. The fourth-order valence-corrected chi connectivity index (χ4v) is 0.858. The molecule has 0 aromatic heterocycles. The van der Waals surface area contributed by atoms with E-state index >= 15 is 0 Å². The molecule has 1 unspecified atom stereocenters. The van der Waals surface area contributed by atoms with E-state index in [0.717, 1.165) is 5.75 Å². The fraction of sp³-hybridized carbons (Fsp3) is 0.667. The van der Waals surface area contributed by atoms with Gasteiger partial charge in [-0.1, -0.05) is 0 Å². The molecule has 0 fully saturated rings. The molecule has 1 atom stereocenters. The molecule has 12 heavy (non-hydrogen) atoms. The molecule has 0 saturated heterocycles. The zero-order valence-corrected chi connectivity index (χ0v) is 9.06. The highest BCUT2D eigenvalue weighted by Crippen LogP contribution is 1.97. The van der Waals surface area contributed by atoms with Gasteiger partial charge >= 0.3 is 5.97 Å². The topological polar surface area (TPSA) is 87.1 Å². The Bertz CT molecular complexity index is 160. The van der Waals surface area contributed by atoms with Crippen LogP contribution in [-0.2, 0) is 4.79 Å². The molecule has 6 heteroatoms. The Hall–Kier alpha value is -0.250. The Balaban J connectivity index is 0. The number of hydrogen-bond acceptors (Lipinski definition) is 4. The van der Waals surface area contributed by atoms with Crippen LogP contribution in [0, 0.1) is 10.2 Å². The molecule has 0 aliphatic heterocycles. The quantitative estimate of drug-likeness (QED) is 0.782. The first kappa shape index (κ1) is 14.3. The normalized spacial score (nSPS) is 10.5. The number of rotatable bonds is 4. The van der Waals surface area contributed by atoms with Crippen LogP contribution in [0.3, 0.4) is 0 Å². The van der Waals surface area contributed by atoms with Gasteiger partial charge in [0, 0.05) is 15.9 Å². The average Bonchev–Trinajstić information content (AvgIpc) is 2.01. The van der Waals surface area contributed by atoms with Crippen molar-refractivity contribution in [2.75, 3.05) is 12.0 Å². The molecular weight excluding hydrogens is 244 g/mol. The van der Waals surface area contributed by atoms with Gasteiger partial charge in [0.05, 0.1) is 0 Å². The molecule has 4 nitrogen and oxygen atoms in total. The minimum absolute atomic E-state index is 0.552. The first-order chi connectivity index (χ1) is 5.59.